The summed E-state index contributed by atoms with van der Waals surface area (Å²) in [5.74, 6) is -0.107. The largest absolute Gasteiger partial charge is 0.317 e. The van der Waals surface area contributed by atoms with Crippen molar-refractivity contribution in [1.29, 1.82) is 0 Å². The number of hydrogen-bond acceptors (Lipinski definition) is 6. The summed E-state index contributed by atoms with van der Waals surface area (Å²) in [6.07, 6.45) is 0. The van der Waals surface area contributed by atoms with Gasteiger partial charge in [0.25, 0.3) is 5.91 Å². The number of carbonyl (C=O) groups excluding carboxylic acids is 2. The van der Waals surface area contributed by atoms with Gasteiger partial charge < -0.3 is 9.88 Å². The number of fused-ring (bicyclic) bond motifs is 1. The second-order valence-corrected chi connectivity index (χ2v) is 9.40. The first-order valence-corrected chi connectivity index (χ1v) is 12.5. The molecule has 2 amide bonds. The molecular weight excluding hydrogens is 448 g/mol. The Labute approximate surface area is 191 Å². The lowest BCUT2D eigenvalue weighted by Crippen LogP contribution is -2.18. The van der Waals surface area contributed by atoms with Crippen molar-refractivity contribution >= 4 is 61.6 Å². The summed E-state index contributed by atoms with van der Waals surface area (Å²) in [5, 5.41) is 5.26. The first kappa shape index (κ1) is 21.5. The molecule has 0 radical (unpaired) electrons. The monoisotopic (exact) mass is 468 g/mol. The lowest BCUT2D eigenvalue weighted by molar-refractivity contribution is -0.115. The fourth-order valence-electron chi connectivity index (χ4n) is 3.01. The number of nitrogens with zero attached hydrogens (tertiary/aromatic N) is 3. The van der Waals surface area contributed by atoms with Gasteiger partial charge in [-0.15, -0.1) is 23.1 Å². The molecule has 0 bridgehead atoms. The molecule has 0 aliphatic rings. The Morgan fingerprint density at radius 3 is 2.68 bits per heavy atom. The van der Waals surface area contributed by atoms with E-state index in [1.807, 2.05) is 71.5 Å². The lowest BCUT2D eigenvalue weighted by atomic mass is 10.2. The highest BCUT2D eigenvalue weighted by Crippen LogP contribution is 2.24. The van der Waals surface area contributed by atoms with Crippen LogP contribution in [0.4, 0.5) is 5.13 Å². The number of anilines is 1. The van der Waals surface area contributed by atoms with Crippen LogP contribution in [0.3, 0.4) is 0 Å². The standard InChI is InChI=1S/C22H20N4O2S3/c1-2-26-17-10-6-7-11-18(17)31-22(26)25-20(28)14-29-13-19(27)24-21-23-16(12-30-21)15-8-4-3-5-9-15/h3-12H,2,13-14H2,1H3,(H,23,24,27). The van der Waals surface area contributed by atoms with E-state index in [0.29, 0.717) is 9.93 Å². The molecule has 0 saturated carbocycles. The Kier molecular flexibility index (Phi) is 6.96. The van der Waals surface area contributed by atoms with E-state index in [-0.39, 0.29) is 23.3 Å². The van der Waals surface area contributed by atoms with Crippen molar-refractivity contribution in [2.75, 3.05) is 16.8 Å². The van der Waals surface area contributed by atoms with Crippen molar-refractivity contribution in [3.63, 3.8) is 0 Å². The number of rotatable bonds is 7. The predicted molar refractivity (Wildman–Crippen MR) is 130 cm³/mol. The molecule has 0 fully saturated rings. The minimum Gasteiger partial charge on any atom is -0.317 e. The molecule has 0 saturated heterocycles. The number of hydrogen-bond donors (Lipinski definition) is 1. The number of aromatic nitrogens is 2. The maximum Gasteiger partial charge on any atom is 0.258 e. The fourth-order valence-corrected chi connectivity index (χ4v) is 5.46. The molecule has 2 aromatic carbocycles. The van der Waals surface area contributed by atoms with Crippen LogP contribution in [0.25, 0.3) is 21.5 Å². The van der Waals surface area contributed by atoms with Crippen LogP contribution in [0.1, 0.15) is 6.92 Å². The van der Waals surface area contributed by atoms with Crippen LogP contribution < -0.4 is 10.1 Å². The number of amides is 2. The van der Waals surface area contributed by atoms with E-state index in [1.54, 1.807) is 0 Å². The van der Waals surface area contributed by atoms with Gasteiger partial charge in [-0.2, -0.15) is 4.99 Å². The van der Waals surface area contributed by atoms with Crippen LogP contribution in [0.2, 0.25) is 0 Å². The SMILES string of the molecule is CCn1c(=NC(=O)CSCC(=O)Nc2nc(-c3ccccc3)cs2)sc2ccccc21. The molecule has 0 aliphatic carbocycles. The van der Waals surface area contributed by atoms with E-state index in [4.69, 9.17) is 0 Å². The number of thioether (sulfide) groups is 1. The van der Waals surface area contributed by atoms with Crippen LogP contribution in [0.5, 0.6) is 0 Å². The quantitative estimate of drug-likeness (QED) is 0.429. The van der Waals surface area contributed by atoms with Crippen LogP contribution in [-0.4, -0.2) is 32.9 Å². The molecule has 4 rings (SSSR count). The van der Waals surface area contributed by atoms with E-state index in [1.165, 1.54) is 34.4 Å². The van der Waals surface area contributed by atoms with E-state index < -0.39 is 0 Å². The third kappa shape index (κ3) is 5.30. The normalized spacial score (nSPS) is 11.7. The average molecular weight is 469 g/mol. The third-order valence-corrected chi connectivity index (χ3v) is 7.14. The smallest absolute Gasteiger partial charge is 0.258 e. The molecule has 2 aromatic heterocycles. The van der Waals surface area contributed by atoms with Crippen LogP contribution in [0, 0.1) is 0 Å². The Hall–Kier alpha value is -2.75. The molecule has 158 valence electrons. The maximum atomic E-state index is 12.3. The molecule has 6 nitrogen and oxygen atoms in total. The molecule has 2 heterocycles. The van der Waals surface area contributed by atoms with Crippen LogP contribution in [-0.2, 0) is 16.1 Å². The third-order valence-electron chi connectivity index (χ3n) is 4.40. The van der Waals surface area contributed by atoms with Gasteiger partial charge in [0.15, 0.2) is 9.93 Å². The molecule has 1 N–H and O–H groups in total. The van der Waals surface area contributed by atoms with Crippen molar-refractivity contribution in [2.45, 2.75) is 13.5 Å². The van der Waals surface area contributed by atoms with Gasteiger partial charge in [0.05, 0.1) is 27.4 Å². The van der Waals surface area contributed by atoms with Gasteiger partial charge in [-0.1, -0.05) is 53.8 Å². The first-order valence-electron chi connectivity index (χ1n) is 9.68. The molecule has 0 aliphatic heterocycles. The summed E-state index contributed by atoms with van der Waals surface area (Å²) in [6.45, 7) is 2.77. The number of para-hydroxylation sites is 1. The summed E-state index contributed by atoms with van der Waals surface area (Å²) < 4.78 is 3.13. The van der Waals surface area contributed by atoms with E-state index >= 15 is 0 Å². The minimum atomic E-state index is -0.243. The van der Waals surface area contributed by atoms with Crippen molar-refractivity contribution in [3.05, 3.63) is 64.8 Å². The second-order valence-electron chi connectivity index (χ2n) is 6.55. The zero-order chi connectivity index (χ0) is 21.6. The average Bonchev–Trinajstić information content (AvgIpc) is 3.38. The highest BCUT2D eigenvalue weighted by atomic mass is 32.2. The molecule has 0 spiro atoms. The highest BCUT2D eigenvalue weighted by Gasteiger charge is 2.10. The maximum absolute atomic E-state index is 12.3. The number of aryl methyl sites for hydroxylation is 1. The molecule has 31 heavy (non-hydrogen) atoms. The van der Waals surface area contributed by atoms with Crippen molar-refractivity contribution < 1.29 is 9.59 Å². The minimum absolute atomic E-state index is 0.151. The predicted octanol–water partition coefficient (Wildman–Crippen LogP) is 4.65. The highest BCUT2D eigenvalue weighted by molar-refractivity contribution is 8.00. The second kappa shape index (κ2) is 10.0. The Morgan fingerprint density at radius 1 is 1.10 bits per heavy atom. The summed E-state index contributed by atoms with van der Waals surface area (Å²) in [6, 6.07) is 17.8. The molecule has 9 heteroatoms. The number of nitrogens with one attached hydrogen (secondary N) is 1. The molecule has 0 atom stereocenters. The van der Waals surface area contributed by atoms with Crippen LogP contribution >= 0.6 is 34.4 Å². The number of benzene rings is 2. The summed E-state index contributed by atoms with van der Waals surface area (Å²) in [5.41, 5.74) is 2.91. The summed E-state index contributed by atoms with van der Waals surface area (Å²) in [7, 11) is 0. The molecule has 0 unspecified atom stereocenters. The van der Waals surface area contributed by atoms with Crippen LogP contribution in [0.15, 0.2) is 65.0 Å². The molecular formula is C22H20N4O2S3. The Bertz CT molecular complexity index is 1270. The number of thiazole rings is 2. The van der Waals surface area contributed by atoms with Gasteiger partial charge in [0.2, 0.25) is 5.91 Å². The van der Waals surface area contributed by atoms with E-state index in [2.05, 4.69) is 15.3 Å². The number of carbonyl (C=O) groups is 2. The summed E-state index contributed by atoms with van der Waals surface area (Å²) in [4.78, 5) is 33.9. The first-order chi connectivity index (χ1) is 15.1. The zero-order valence-electron chi connectivity index (χ0n) is 16.8. The van der Waals surface area contributed by atoms with Gasteiger partial charge in [-0.05, 0) is 19.1 Å². The van der Waals surface area contributed by atoms with Gasteiger partial charge >= 0.3 is 0 Å². The van der Waals surface area contributed by atoms with E-state index in [9.17, 15) is 9.59 Å². The Balaban J connectivity index is 1.31. The van der Waals surface area contributed by atoms with Crippen molar-refractivity contribution in [2.24, 2.45) is 4.99 Å². The lowest BCUT2D eigenvalue weighted by Gasteiger charge is -2.01. The zero-order valence-corrected chi connectivity index (χ0v) is 19.2. The van der Waals surface area contributed by atoms with Gasteiger partial charge in [0.1, 0.15) is 0 Å². The van der Waals surface area contributed by atoms with E-state index in [0.717, 1.165) is 28.0 Å². The van der Waals surface area contributed by atoms with Crippen molar-refractivity contribution in [1.82, 2.24) is 9.55 Å². The fraction of sp³-hybridized carbons (Fsp3) is 0.182. The van der Waals surface area contributed by atoms with Gasteiger partial charge in [-0.3, -0.25) is 9.59 Å². The van der Waals surface area contributed by atoms with Crippen molar-refractivity contribution in [3.8, 4) is 11.3 Å². The topological polar surface area (TPSA) is 76.3 Å². The van der Waals surface area contributed by atoms with Gasteiger partial charge in [0, 0.05) is 17.5 Å². The summed E-state index contributed by atoms with van der Waals surface area (Å²) >= 11 is 4.13. The Morgan fingerprint density at radius 2 is 1.87 bits per heavy atom. The van der Waals surface area contributed by atoms with Gasteiger partial charge in [-0.25, -0.2) is 4.98 Å². The molecule has 4 aromatic rings.